The van der Waals surface area contributed by atoms with Gasteiger partial charge < -0.3 is 10.2 Å². The van der Waals surface area contributed by atoms with Crippen molar-refractivity contribution < 1.29 is 14.5 Å². The van der Waals surface area contributed by atoms with E-state index in [1.807, 2.05) is 22.6 Å². The molecule has 0 aliphatic heterocycles. The summed E-state index contributed by atoms with van der Waals surface area (Å²) in [4.78, 5) is 34.9. The maximum absolute atomic E-state index is 11.9. The van der Waals surface area contributed by atoms with Gasteiger partial charge in [0.15, 0.2) is 0 Å². The number of nitro groups is 1. The standard InChI is InChI=1S/C12H14IN3O4/c1-15(2)11(17)5-6-14-12(18)9-7-8(16(19)20)3-4-10(9)13/h3-4,7H,5-6H2,1-2H3,(H,14,18). The quantitative estimate of drug-likeness (QED) is 0.467. The highest BCUT2D eigenvalue weighted by atomic mass is 127. The summed E-state index contributed by atoms with van der Waals surface area (Å²) in [6.07, 6.45) is 0.185. The van der Waals surface area contributed by atoms with Crippen LogP contribution in [0.15, 0.2) is 18.2 Å². The molecule has 0 fully saturated rings. The Bertz CT molecular complexity index is 546. The highest BCUT2D eigenvalue weighted by Crippen LogP contribution is 2.19. The third-order valence-electron chi connectivity index (χ3n) is 2.53. The third-order valence-corrected chi connectivity index (χ3v) is 3.47. The minimum Gasteiger partial charge on any atom is -0.351 e. The van der Waals surface area contributed by atoms with Crippen LogP contribution in [0.1, 0.15) is 16.8 Å². The van der Waals surface area contributed by atoms with Crippen molar-refractivity contribution in [3.05, 3.63) is 37.4 Å². The number of nitrogens with zero attached hydrogens (tertiary/aromatic N) is 2. The molecule has 1 aromatic carbocycles. The molecule has 0 aliphatic carbocycles. The average Bonchev–Trinajstić information content (AvgIpc) is 2.38. The molecule has 108 valence electrons. The zero-order valence-electron chi connectivity index (χ0n) is 11.1. The monoisotopic (exact) mass is 391 g/mol. The molecule has 0 saturated heterocycles. The van der Waals surface area contributed by atoms with E-state index < -0.39 is 10.8 Å². The van der Waals surface area contributed by atoms with Crippen molar-refractivity contribution in [2.45, 2.75) is 6.42 Å². The Morgan fingerprint density at radius 1 is 1.40 bits per heavy atom. The van der Waals surface area contributed by atoms with Crippen molar-refractivity contribution in [2.75, 3.05) is 20.6 Å². The Morgan fingerprint density at radius 3 is 2.60 bits per heavy atom. The Kier molecular flexibility index (Phi) is 5.86. The topological polar surface area (TPSA) is 92.6 Å². The molecule has 20 heavy (non-hydrogen) atoms. The highest BCUT2D eigenvalue weighted by Gasteiger charge is 2.15. The van der Waals surface area contributed by atoms with Crippen molar-refractivity contribution in [1.82, 2.24) is 10.2 Å². The first-order valence-corrected chi connectivity index (χ1v) is 6.83. The Morgan fingerprint density at radius 2 is 2.05 bits per heavy atom. The molecule has 0 saturated carbocycles. The van der Waals surface area contributed by atoms with Crippen LogP contribution in [0.3, 0.4) is 0 Å². The van der Waals surface area contributed by atoms with Crippen molar-refractivity contribution in [1.29, 1.82) is 0 Å². The predicted molar refractivity (Wildman–Crippen MR) is 81.5 cm³/mol. The second-order valence-electron chi connectivity index (χ2n) is 4.22. The summed E-state index contributed by atoms with van der Waals surface area (Å²) in [6, 6.07) is 4.08. The van der Waals surface area contributed by atoms with Gasteiger partial charge in [0, 0.05) is 42.8 Å². The van der Waals surface area contributed by atoms with Gasteiger partial charge in [0.2, 0.25) is 5.91 Å². The number of carbonyl (C=O) groups is 2. The van der Waals surface area contributed by atoms with Crippen molar-refractivity contribution >= 4 is 40.1 Å². The van der Waals surface area contributed by atoms with Crippen LogP contribution >= 0.6 is 22.6 Å². The van der Waals surface area contributed by atoms with E-state index in [0.717, 1.165) is 0 Å². The number of nitrogens with one attached hydrogen (secondary N) is 1. The Labute approximate surface area is 129 Å². The van der Waals surface area contributed by atoms with Crippen LogP contribution in [0.4, 0.5) is 5.69 Å². The summed E-state index contributed by atoms with van der Waals surface area (Å²) in [5, 5.41) is 13.3. The number of hydrogen-bond donors (Lipinski definition) is 1. The van der Waals surface area contributed by atoms with E-state index >= 15 is 0 Å². The molecule has 7 nitrogen and oxygen atoms in total. The molecule has 0 atom stereocenters. The Hall–Kier alpha value is -1.71. The highest BCUT2D eigenvalue weighted by molar-refractivity contribution is 14.1. The summed E-state index contributed by atoms with van der Waals surface area (Å²) >= 11 is 1.93. The third kappa shape index (κ3) is 4.44. The minimum atomic E-state index is -0.553. The van der Waals surface area contributed by atoms with Crippen LogP contribution in [0.5, 0.6) is 0 Å². The molecule has 1 rings (SSSR count). The van der Waals surface area contributed by atoms with Crippen molar-refractivity contribution in [3.63, 3.8) is 0 Å². The van der Waals surface area contributed by atoms with Gasteiger partial charge in [-0.25, -0.2) is 0 Å². The lowest BCUT2D eigenvalue weighted by Gasteiger charge is -2.11. The van der Waals surface area contributed by atoms with E-state index in [4.69, 9.17) is 0 Å². The first kappa shape index (κ1) is 16.3. The number of amides is 2. The van der Waals surface area contributed by atoms with Crippen LogP contribution in [0, 0.1) is 13.7 Å². The zero-order chi connectivity index (χ0) is 15.3. The fourth-order valence-corrected chi connectivity index (χ4v) is 1.98. The number of carbonyl (C=O) groups excluding carboxylic acids is 2. The van der Waals surface area contributed by atoms with Gasteiger partial charge in [-0.2, -0.15) is 0 Å². The van der Waals surface area contributed by atoms with Crippen molar-refractivity contribution in [2.24, 2.45) is 0 Å². The minimum absolute atomic E-state index is 0.0981. The number of nitro benzene ring substituents is 1. The molecular formula is C12H14IN3O4. The number of rotatable bonds is 5. The van der Waals surface area contributed by atoms with Crippen LogP contribution < -0.4 is 5.32 Å². The number of non-ortho nitro benzene ring substituents is 1. The molecular weight excluding hydrogens is 377 g/mol. The maximum atomic E-state index is 11.9. The van der Waals surface area contributed by atoms with E-state index in [1.54, 1.807) is 14.1 Å². The van der Waals surface area contributed by atoms with Gasteiger partial charge in [-0.05, 0) is 28.7 Å². The second kappa shape index (κ2) is 7.17. The second-order valence-corrected chi connectivity index (χ2v) is 5.38. The Balaban J connectivity index is 2.70. The first-order valence-electron chi connectivity index (χ1n) is 5.75. The molecule has 0 radical (unpaired) electrons. The van der Waals surface area contributed by atoms with E-state index in [-0.39, 0.29) is 30.1 Å². The molecule has 0 aliphatic rings. The zero-order valence-corrected chi connectivity index (χ0v) is 13.2. The molecule has 1 aromatic rings. The summed E-state index contributed by atoms with van der Waals surface area (Å²) < 4.78 is 0.615. The molecule has 0 unspecified atom stereocenters. The summed E-state index contributed by atoms with van der Waals surface area (Å²) in [7, 11) is 3.27. The molecule has 0 heterocycles. The average molecular weight is 391 g/mol. The van der Waals surface area contributed by atoms with Crippen LogP contribution in [0.2, 0.25) is 0 Å². The lowest BCUT2D eigenvalue weighted by Crippen LogP contribution is -2.30. The molecule has 1 N–H and O–H groups in total. The molecule has 0 aromatic heterocycles. The van der Waals surface area contributed by atoms with Gasteiger partial charge in [0.25, 0.3) is 11.6 Å². The van der Waals surface area contributed by atoms with E-state index in [1.165, 1.54) is 23.1 Å². The van der Waals surface area contributed by atoms with Crippen molar-refractivity contribution in [3.8, 4) is 0 Å². The lowest BCUT2D eigenvalue weighted by atomic mass is 10.2. The van der Waals surface area contributed by atoms with Gasteiger partial charge in [0.05, 0.1) is 10.5 Å². The van der Waals surface area contributed by atoms with Gasteiger partial charge in [-0.3, -0.25) is 19.7 Å². The lowest BCUT2D eigenvalue weighted by molar-refractivity contribution is -0.384. The van der Waals surface area contributed by atoms with Gasteiger partial charge in [-0.15, -0.1) is 0 Å². The first-order chi connectivity index (χ1) is 9.32. The molecule has 2 amide bonds. The van der Waals surface area contributed by atoms with Gasteiger partial charge in [0.1, 0.15) is 0 Å². The van der Waals surface area contributed by atoms with E-state index in [9.17, 15) is 19.7 Å². The summed E-state index contributed by atoms with van der Waals surface area (Å²) in [6.45, 7) is 0.189. The predicted octanol–water partition coefficient (Wildman–Crippen LogP) is 1.41. The van der Waals surface area contributed by atoms with Crippen LogP contribution in [-0.4, -0.2) is 42.3 Å². The normalized spacial score (nSPS) is 9.95. The maximum Gasteiger partial charge on any atom is 0.270 e. The molecule has 0 bridgehead atoms. The number of benzene rings is 1. The van der Waals surface area contributed by atoms with E-state index in [2.05, 4.69) is 5.32 Å². The van der Waals surface area contributed by atoms with E-state index in [0.29, 0.717) is 3.57 Å². The number of hydrogen-bond acceptors (Lipinski definition) is 4. The fraction of sp³-hybridized carbons (Fsp3) is 0.333. The number of halogens is 1. The fourth-order valence-electron chi connectivity index (χ4n) is 1.40. The molecule has 8 heteroatoms. The van der Waals surface area contributed by atoms with Gasteiger partial charge >= 0.3 is 0 Å². The largest absolute Gasteiger partial charge is 0.351 e. The van der Waals surface area contributed by atoms with Crippen LogP contribution in [0.25, 0.3) is 0 Å². The SMILES string of the molecule is CN(C)C(=O)CCNC(=O)c1cc([N+](=O)[O-])ccc1I. The summed E-state index contributed by atoms with van der Waals surface area (Å²) in [5.41, 5.74) is 0.0945. The summed E-state index contributed by atoms with van der Waals surface area (Å²) in [5.74, 6) is -0.524. The molecule has 0 spiro atoms. The smallest absolute Gasteiger partial charge is 0.270 e. The van der Waals surface area contributed by atoms with Crippen LogP contribution in [-0.2, 0) is 4.79 Å². The van der Waals surface area contributed by atoms with Gasteiger partial charge in [-0.1, -0.05) is 0 Å².